The van der Waals surface area contributed by atoms with Crippen LogP contribution in [0.1, 0.15) is 30.5 Å². The molecule has 0 radical (unpaired) electrons. The highest BCUT2D eigenvalue weighted by molar-refractivity contribution is 7.83. The van der Waals surface area contributed by atoms with Crippen molar-refractivity contribution in [1.29, 1.82) is 0 Å². The highest BCUT2D eigenvalue weighted by Gasteiger charge is 2.32. The first-order valence-electron chi connectivity index (χ1n) is 5.45. The van der Waals surface area contributed by atoms with Crippen LogP contribution in [0, 0.1) is 6.92 Å². The summed E-state index contributed by atoms with van der Waals surface area (Å²) in [6.45, 7) is 5.61. The highest BCUT2D eigenvalue weighted by atomic mass is 32.1. The molecule has 0 spiro atoms. The average molecular weight is 275 g/mol. The predicted molar refractivity (Wildman–Crippen MR) is 73.2 cm³/mol. The summed E-state index contributed by atoms with van der Waals surface area (Å²) in [6, 6.07) is 4.11. The molecule has 0 N–H and O–H groups in total. The van der Waals surface area contributed by atoms with Gasteiger partial charge in [0.2, 0.25) is 0 Å². The Morgan fingerprint density at radius 1 is 1.22 bits per heavy atom. The third kappa shape index (κ3) is 5.40. The summed E-state index contributed by atoms with van der Waals surface area (Å²) < 4.78 is 37.9. The summed E-state index contributed by atoms with van der Waals surface area (Å²) in [5.41, 5.74) is -0.0671. The van der Waals surface area contributed by atoms with Crippen LogP contribution in [-0.2, 0) is 6.18 Å². The van der Waals surface area contributed by atoms with Crippen molar-refractivity contribution in [1.82, 2.24) is 0 Å². The van der Waals surface area contributed by atoms with Crippen molar-refractivity contribution < 1.29 is 13.2 Å². The van der Waals surface area contributed by atoms with E-state index in [0.717, 1.165) is 12.3 Å². The van der Waals surface area contributed by atoms with E-state index in [1.807, 2.05) is 13.8 Å². The van der Waals surface area contributed by atoms with Gasteiger partial charge in [0, 0.05) is 18.0 Å². The van der Waals surface area contributed by atoms with E-state index in [1.54, 1.807) is 13.0 Å². The average Bonchev–Trinajstić information content (AvgIpc) is 2.32. The van der Waals surface area contributed by atoms with Gasteiger partial charge in [-0.15, -0.1) is 12.6 Å². The molecule has 0 bridgehead atoms. The number of benzene rings is 1. The Hall–Kier alpha value is -1.23. The molecular weight excluding hydrogens is 259 g/mol. The third-order valence-electron chi connectivity index (χ3n) is 1.88. The Morgan fingerprint density at radius 3 is 2.33 bits per heavy atom. The molecule has 0 unspecified atom stereocenters. The number of aliphatic imine (C=N–C) groups is 1. The number of rotatable bonds is 2. The molecule has 0 saturated heterocycles. The van der Waals surface area contributed by atoms with Crippen LogP contribution in [0.15, 0.2) is 34.8 Å². The minimum absolute atomic E-state index is 0.0459. The maximum absolute atomic E-state index is 12.6. The molecule has 1 nitrogen and oxygen atoms in total. The molecular formula is C13H16F3NS. The molecule has 1 rings (SSSR count). The van der Waals surface area contributed by atoms with E-state index in [-0.39, 0.29) is 5.56 Å². The molecule has 0 aromatic heterocycles. The summed E-state index contributed by atoms with van der Waals surface area (Å²) in [5.74, 6) is 0. The maximum Gasteiger partial charge on any atom is 0.417 e. The minimum Gasteiger partial charge on any atom is -0.264 e. The van der Waals surface area contributed by atoms with Gasteiger partial charge in [-0.3, -0.25) is 4.99 Å². The largest absolute Gasteiger partial charge is 0.417 e. The molecule has 0 fully saturated rings. The molecule has 5 heteroatoms. The smallest absolute Gasteiger partial charge is 0.264 e. The van der Waals surface area contributed by atoms with Gasteiger partial charge in [0.05, 0.1) is 5.56 Å². The van der Waals surface area contributed by atoms with E-state index >= 15 is 0 Å². The molecule has 0 amide bonds. The third-order valence-corrected chi connectivity index (χ3v) is 2.01. The van der Waals surface area contributed by atoms with E-state index < -0.39 is 11.7 Å². The second-order valence-corrected chi connectivity index (χ2v) is 3.46. The van der Waals surface area contributed by atoms with Crippen LogP contribution in [0.3, 0.4) is 0 Å². The number of halogens is 3. The van der Waals surface area contributed by atoms with Crippen LogP contribution >= 0.6 is 12.6 Å². The van der Waals surface area contributed by atoms with Gasteiger partial charge in [-0.25, -0.2) is 0 Å². The lowest BCUT2D eigenvalue weighted by molar-refractivity contribution is -0.137. The van der Waals surface area contributed by atoms with Gasteiger partial charge in [-0.2, -0.15) is 13.2 Å². The fourth-order valence-electron chi connectivity index (χ4n) is 1.19. The van der Waals surface area contributed by atoms with E-state index in [1.165, 1.54) is 17.7 Å². The lowest BCUT2D eigenvalue weighted by Crippen LogP contribution is -2.09. The van der Waals surface area contributed by atoms with Gasteiger partial charge in [-0.1, -0.05) is 31.5 Å². The van der Waals surface area contributed by atoms with Gasteiger partial charge in [0.15, 0.2) is 0 Å². The maximum atomic E-state index is 12.6. The molecule has 1 aromatic carbocycles. The fourth-order valence-corrected chi connectivity index (χ4v) is 1.27. The standard InChI is InChI=1S/C11H10F3NS.C2H6/c1-8-2-3-9(7-15-4-5-16)10(6-8)11(12,13)14;1-2/h2-7,16H,1H3;1-2H3/b5-4-,15-7?;. The Kier molecular flexibility index (Phi) is 7.43. The molecule has 18 heavy (non-hydrogen) atoms. The molecule has 0 aliphatic rings. The molecule has 0 heterocycles. The number of alkyl halides is 3. The summed E-state index contributed by atoms with van der Waals surface area (Å²) in [4.78, 5) is 3.68. The Labute approximate surface area is 111 Å². The van der Waals surface area contributed by atoms with Crippen molar-refractivity contribution in [2.24, 2.45) is 4.99 Å². The summed E-state index contributed by atoms with van der Waals surface area (Å²) in [6.07, 6.45) is -1.89. The van der Waals surface area contributed by atoms with Crippen LogP contribution in [0.5, 0.6) is 0 Å². The van der Waals surface area contributed by atoms with Crippen molar-refractivity contribution in [3.63, 3.8) is 0 Å². The van der Waals surface area contributed by atoms with E-state index in [4.69, 9.17) is 0 Å². The summed E-state index contributed by atoms with van der Waals surface area (Å²) in [5, 5.41) is 1.35. The van der Waals surface area contributed by atoms with Crippen molar-refractivity contribution in [2.45, 2.75) is 26.9 Å². The second-order valence-electron chi connectivity index (χ2n) is 3.16. The van der Waals surface area contributed by atoms with Crippen molar-refractivity contribution >= 4 is 18.8 Å². The first-order chi connectivity index (χ1) is 8.45. The zero-order valence-electron chi connectivity index (χ0n) is 10.5. The number of thiol groups is 1. The first kappa shape index (κ1) is 16.8. The monoisotopic (exact) mass is 275 g/mol. The SMILES string of the molecule is CC.Cc1ccc(C=N/C=C\S)c(C(F)(F)F)c1. The molecule has 0 aliphatic heterocycles. The number of hydrogen-bond donors (Lipinski definition) is 1. The lowest BCUT2D eigenvalue weighted by atomic mass is 10.0. The second kappa shape index (κ2) is 7.97. The molecule has 100 valence electrons. The highest BCUT2D eigenvalue weighted by Crippen LogP contribution is 2.31. The normalized spacial score (nSPS) is 11.7. The fraction of sp³-hybridized carbons (Fsp3) is 0.308. The van der Waals surface area contributed by atoms with Crippen LogP contribution in [0.2, 0.25) is 0 Å². The Balaban J connectivity index is 0.00000137. The van der Waals surface area contributed by atoms with Crippen LogP contribution in [0.25, 0.3) is 0 Å². The van der Waals surface area contributed by atoms with E-state index in [0.29, 0.717) is 5.56 Å². The number of nitrogens with zero attached hydrogens (tertiary/aromatic N) is 1. The van der Waals surface area contributed by atoms with E-state index in [2.05, 4.69) is 17.6 Å². The molecule has 0 aliphatic carbocycles. The van der Waals surface area contributed by atoms with Crippen LogP contribution in [0.4, 0.5) is 13.2 Å². The number of hydrogen-bond acceptors (Lipinski definition) is 2. The zero-order chi connectivity index (χ0) is 14.2. The van der Waals surface area contributed by atoms with Gasteiger partial charge in [0.25, 0.3) is 0 Å². The lowest BCUT2D eigenvalue weighted by Gasteiger charge is -2.10. The quantitative estimate of drug-likeness (QED) is 0.584. The Morgan fingerprint density at radius 2 is 1.83 bits per heavy atom. The zero-order valence-corrected chi connectivity index (χ0v) is 11.4. The predicted octanol–water partition coefficient (Wildman–Crippen LogP) is 4.86. The minimum atomic E-state index is -4.36. The topological polar surface area (TPSA) is 12.4 Å². The summed E-state index contributed by atoms with van der Waals surface area (Å²) in [7, 11) is 0. The van der Waals surface area contributed by atoms with Crippen molar-refractivity contribution in [2.75, 3.05) is 0 Å². The summed E-state index contributed by atoms with van der Waals surface area (Å²) >= 11 is 3.75. The van der Waals surface area contributed by atoms with Crippen molar-refractivity contribution in [3.05, 3.63) is 46.5 Å². The van der Waals surface area contributed by atoms with Gasteiger partial charge in [0.1, 0.15) is 0 Å². The van der Waals surface area contributed by atoms with Crippen molar-refractivity contribution in [3.8, 4) is 0 Å². The molecule has 0 atom stereocenters. The van der Waals surface area contributed by atoms with Gasteiger partial charge >= 0.3 is 6.18 Å². The van der Waals surface area contributed by atoms with Gasteiger partial charge < -0.3 is 0 Å². The Bertz CT molecular complexity index is 423. The molecule has 1 aromatic rings. The van der Waals surface area contributed by atoms with E-state index in [9.17, 15) is 13.2 Å². The van der Waals surface area contributed by atoms with Gasteiger partial charge in [-0.05, 0) is 18.4 Å². The van der Waals surface area contributed by atoms with Crippen LogP contribution < -0.4 is 0 Å². The first-order valence-corrected chi connectivity index (χ1v) is 5.97. The molecule has 0 saturated carbocycles. The number of aryl methyl sites for hydroxylation is 1. The van der Waals surface area contributed by atoms with Crippen LogP contribution in [-0.4, -0.2) is 6.21 Å².